The van der Waals surface area contributed by atoms with Crippen molar-refractivity contribution in [3.8, 4) is 6.07 Å². The maximum absolute atomic E-state index is 12.4. The first-order chi connectivity index (χ1) is 9.49. The number of alkyl halides is 3. The van der Waals surface area contributed by atoms with Crippen LogP contribution in [0.4, 0.5) is 18.9 Å². The van der Waals surface area contributed by atoms with E-state index in [0.29, 0.717) is 12.1 Å². The van der Waals surface area contributed by atoms with Gasteiger partial charge in [-0.15, -0.1) is 0 Å². The lowest BCUT2D eigenvalue weighted by molar-refractivity contribution is -0.137. The zero-order valence-electron chi connectivity index (χ0n) is 10.4. The lowest BCUT2D eigenvalue weighted by Gasteiger charge is -2.09. The molecule has 0 radical (unpaired) electrons. The molecule has 0 saturated carbocycles. The molecule has 0 bridgehead atoms. The maximum Gasteiger partial charge on any atom is 0.416 e. The largest absolute Gasteiger partial charge is 0.416 e. The van der Waals surface area contributed by atoms with Gasteiger partial charge in [0.2, 0.25) is 0 Å². The van der Waals surface area contributed by atoms with Crippen molar-refractivity contribution in [1.82, 2.24) is 0 Å². The van der Waals surface area contributed by atoms with Crippen molar-refractivity contribution >= 4 is 5.69 Å². The van der Waals surface area contributed by atoms with Crippen LogP contribution in [0.15, 0.2) is 48.5 Å². The van der Waals surface area contributed by atoms with Gasteiger partial charge in [0.1, 0.15) is 0 Å². The molecule has 0 fully saturated rings. The molecule has 0 spiro atoms. The Labute approximate surface area is 114 Å². The second-order valence-electron chi connectivity index (χ2n) is 4.24. The van der Waals surface area contributed by atoms with Gasteiger partial charge in [-0.3, -0.25) is 0 Å². The Morgan fingerprint density at radius 3 is 2.35 bits per heavy atom. The lowest BCUT2D eigenvalue weighted by atomic mass is 10.1. The summed E-state index contributed by atoms with van der Waals surface area (Å²) < 4.78 is 37.2. The second kappa shape index (κ2) is 5.66. The Bertz CT molecular complexity index is 625. The molecule has 1 N–H and O–H groups in total. The second-order valence-corrected chi connectivity index (χ2v) is 4.24. The molecule has 0 atom stereocenters. The fourth-order valence-corrected chi connectivity index (χ4v) is 1.71. The van der Waals surface area contributed by atoms with Gasteiger partial charge >= 0.3 is 6.18 Å². The monoisotopic (exact) mass is 276 g/mol. The van der Waals surface area contributed by atoms with Crippen LogP contribution in [-0.4, -0.2) is 0 Å². The number of benzene rings is 2. The number of hydrogen-bond acceptors (Lipinski definition) is 2. The molecule has 0 aliphatic rings. The van der Waals surface area contributed by atoms with Gasteiger partial charge in [0.15, 0.2) is 0 Å². The van der Waals surface area contributed by atoms with E-state index in [1.54, 1.807) is 24.3 Å². The van der Waals surface area contributed by atoms with E-state index in [9.17, 15) is 13.2 Å². The highest BCUT2D eigenvalue weighted by molar-refractivity contribution is 5.49. The number of rotatable bonds is 3. The lowest BCUT2D eigenvalue weighted by Crippen LogP contribution is -2.05. The molecule has 0 aliphatic carbocycles. The predicted octanol–water partition coefficient (Wildman–Crippen LogP) is 4.19. The highest BCUT2D eigenvalue weighted by atomic mass is 19.4. The maximum atomic E-state index is 12.4. The first-order valence-electron chi connectivity index (χ1n) is 5.89. The molecule has 0 saturated heterocycles. The van der Waals surface area contributed by atoms with E-state index in [-0.39, 0.29) is 0 Å². The van der Waals surface area contributed by atoms with Crippen molar-refractivity contribution < 1.29 is 13.2 Å². The summed E-state index contributed by atoms with van der Waals surface area (Å²) in [6.45, 7) is 0.396. The highest BCUT2D eigenvalue weighted by Crippen LogP contribution is 2.29. The topological polar surface area (TPSA) is 35.8 Å². The van der Waals surface area contributed by atoms with E-state index < -0.39 is 11.7 Å². The third-order valence-corrected chi connectivity index (χ3v) is 2.77. The molecule has 2 rings (SSSR count). The van der Waals surface area contributed by atoms with Gasteiger partial charge in [-0.2, -0.15) is 18.4 Å². The van der Waals surface area contributed by atoms with Gasteiger partial charge in [-0.1, -0.05) is 18.2 Å². The summed E-state index contributed by atoms with van der Waals surface area (Å²) in [7, 11) is 0. The molecule has 20 heavy (non-hydrogen) atoms. The van der Waals surface area contributed by atoms with Crippen molar-refractivity contribution in [2.75, 3.05) is 5.32 Å². The molecule has 0 aliphatic heterocycles. The van der Waals surface area contributed by atoms with Crippen molar-refractivity contribution in [2.45, 2.75) is 12.7 Å². The Morgan fingerprint density at radius 1 is 1.05 bits per heavy atom. The SMILES string of the molecule is N#Cc1cccc(NCc2ccc(C(F)(F)F)cc2)c1. The summed E-state index contributed by atoms with van der Waals surface area (Å²) in [5.74, 6) is 0. The molecule has 0 heterocycles. The number of hydrogen-bond donors (Lipinski definition) is 1. The van der Waals surface area contributed by atoms with Crippen molar-refractivity contribution in [3.63, 3.8) is 0 Å². The number of nitriles is 1. The zero-order chi connectivity index (χ0) is 14.6. The van der Waals surface area contributed by atoms with Crippen LogP contribution < -0.4 is 5.32 Å². The van der Waals surface area contributed by atoms with Gasteiger partial charge in [0.05, 0.1) is 17.2 Å². The van der Waals surface area contributed by atoms with E-state index in [4.69, 9.17) is 5.26 Å². The van der Waals surface area contributed by atoms with Crippen LogP contribution in [0, 0.1) is 11.3 Å². The normalized spacial score (nSPS) is 10.9. The molecule has 0 amide bonds. The summed E-state index contributed by atoms with van der Waals surface area (Å²) in [6.07, 6.45) is -4.31. The third-order valence-electron chi connectivity index (χ3n) is 2.77. The number of nitrogens with one attached hydrogen (secondary N) is 1. The Morgan fingerprint density at radius 2 is 1.75 bits per heavy atom. The predicted molar refractivity (Wildman–Crippen MR) is 69.9 cm³/mol. The number of nitrogens with zero attached hydrogens (tertiary/aromatic N) is 1. The molecule has 102 valence electrons. The average molecular weight is 276 g/mol. The quantitative estimate of drug-likeness (QED) is 0.912. The zero-order valence-corrected chi connectivity index (χ0v) is 10.4. The van der Waals surface area contributed by atoms with E-state index in [1.165, 1.54) is 12.1 Å². The number of halogens is 3. The summed E-state index contributed by atoms with van der Waals surface area (Å²) in [5, 5.41) is 11.8. The van der Waals surface area contributed by atoms with Crippen LogP contribution in [-0.2, 0) is 12.7 Å². The fourth-order valence-electron chi connectivity index (χ4n) is 1.71. The van der Waals surface area contributed by atoms with Gasteiger partial charge in [-0.05, 0) is 35.9 Å². The standard InChI is InChI=1S/C15H11F3N2/c16-15(17,18)13-6-4-11(5-7-13)10-20-14-3-1-2-12(8-14)9-19/h1-8,20H,10H2. The summed E-state index contributed by atoms with van der Waals surface area (Å²) >= 11 is 0. The first-order valence-corrected chi connectivity index (χ1v) is 5.89. The minimum absolute atomic E-state index is 0.396. The summed E-state index contributed by atoms with van der Waals surface area (Å²) in [5.41, 5.74) is 1.36. The first kappa shape index (κ1) is 13.9. The third kappa shape index (κ3) is 3.51. The van der Waals surface area contributed by atoms with E-state index in [1.807, 2.05) is 6.07 Å². The van der Waals surface area contributed by atoms with Crippen LogP contribution in [0.1, 0.15) is 16.7 Å². The average Bonchev–Trinajstić information content (AvgIpc) is 2.45. The Hall–Kier alpha value is -2.48. The minimum Gasteiger partial charge on any atom is -0.381 e. The van der Waals surface area contributed by atoms with Crippen LogP contribution in [0.25, 0.3) is 0 Å². The van der Waals surface area contributed by atoms with Crippen LogP contribution in [0.2, 0.25) is 0 Å². The van der Waals surface area contributed by atoms with Crippen LogP contribution >= 0.6 is 0 Å². The molecule has 0 aromatic heterocycles. The molecular weight excluding hydrogens is 265 g/mol. The molecule has 0 unspecified atom stereocenters. The highest BCUT2D eigenvalue weighted by Gasteiger charge is 2.29. The van der Waals surface area contributed by atoms with Gasteiger partial charge in [0, 0.05) is 12.2 Å². The van der Waals surface area contributed by atoms with Crippen LogP contribution in [0.5, 0.6) is 0 Å². The molecule has 2 aromatic rings. The van der Waals surface area contributed by atoms with Crippen molar-refractivity contribution in [2.24, 2.45) is 0 Å². The van der Waals surface area contributed by atoms with Crippen molar-refractivity contribution in [3.05, 3.63) is 65.2 Å². The van der Waals surface area contributed by atoms with E-state index in [0.717, 1.165) is 23.4 Å². The smallest absolute Gasteiger partial charge is 0.381 e. The Kier molecular flexibility index (Phi) is 3.94. The minimum atomic E-state index is -4.31. The van der Waals surface area contributed by atoms with Crippen LogP contribution in [0.3, 0.4) is 0 Å². The molecule has 2 aromatic carbocycles. The fraction of sp³-hybridized carbons (Fsp3) is 0.133. The van der Waals surface area contributed by atoms with E-state index in [2.05, 4.69) is 5.32 Å². The van der Waals surface area contributed by atoms with Crippen molar-refractivity contribution in [1.29, 1.82) is 5.26 Å². The molecule has 2 nitrogen and oxygen atoms in total. The molecule has 5 heteroatoms. The summed E-state index contributed by atoms with van der Waals surface area (Å²) in [4.78, 5) is 0. The van der Waals surface area contributed by atoms with E-state index >= 15 is 0 Å². The van der Waals surface area contributed by atoms with Gasteiger partial charge < -0.3 is 5.32 Å². The number of anilines is 1. The van der Waals surface area contributed by atoms with Gasteiger partial charge in [-0.25, -0.2) is 0 Å². The van der Waals surface area contributed by atoms with Gasteiger partial charge in [0.25, 0.3) is 0 Å². The summed E-state index contributed by atoms with van der Waals surface area (Å²) in [6, 6.07) is 13.9. The molecular formula is C15H11F3N2. The Balaban J connectivity index is 2.02.